The highest BCUT2D eigenvalue weighted by Gasteiger charge is 2.16. The van der Waals surface area contributed by atoms with E-state index in [4.69, 9.17) is 9.84 Å². The van der Waals surface area contributed by atoms with Crippen molar-refractivity contribution in [3.05, 3.63) is 23.8 Å². The molecular formula is C13H19F2NO3. The van der Waals surface area contributed by atoms with Crippen LogP contribution in [0.2, 0.25) is 0 Å². The monoisotopic (exact) mass is 275 g/mol. The Hall–Kier alpha value is -1.40. The fourth-order valence-electron chi connectivity index (χ4n) is 1.72. The summed E-state index contributed by atoms with van der Waals surface area (Å²) in [4.78, 5) is 1.81. The van der Waals surface area contributed by atoms with Gasteiger partial charge in [0, 0.05) is 18.7 Å². The largest absolute Gasteiger partial charge is 0.490 e. The average molecular weight is 275 g/mol. The van der Waals surface area contributed by atoms with Crippen molar-refractivity contribution in [3.8, 4) is 11.5 Å². The summed E-state index contributed by atoms with van der Waals surface area (Å²) < 4.78 is 34.8. The Morgan fingerprint density at radius 3 is 2.68 bits per heavy atom. The molecule has 0 fully saturated rings. The number of halogens is 2. The molecule has 0 atom stereocenters. The van der Waals surface area contributed by atoms with Crippen molar-refractivity contribution in [2.24, 2.45) is 0 Å². The summed E-state index contributed by atoms with van der Waals surface area (Å²) in [7, 11) is 1.79. The van der Waals surface area contributed by atoms with Gasteiger partial charge in [0.05, 0.1) is 13.2 Å². The molecule has 1 rings (SSSR count). The number of aliphatic hydroxyl groups is 1. The van der Waals surface area contributed by atoms with Gasteiger partial charge >= 0.3 is 6.61 Å². The quantitative estimate of drug-likeness (QED) is 0.789. The van der Waals surface area contributed by atoms with Crippen LogP contribution in [0.3, 0.4) is 0 Å². The molecule has 0 saturated carbocycles. The van der Waals surface area contributed by atoms with Crippen molar-refractivity contribution in [1.82, 2.24) is 4.90 Å². The zero-order chi connectivity index (χ0) is 14.3. The Labute approximate surface area is 111 Å². The number of nitrogens with zero attached hydrogens (tertiary/aromatic N) is 1. The fraction of sp³-hybridized carbons (Fsp3) is 0.538. The molecule has 0 bridgehead atoms. The molecule has 1 N–H and O–H groups in total. The molecule has 19 heavy (non-hydrogen) atoms. The van der Waals surface area contributed by atoms with Gasteiger partial charge in [-0.3, -0.25) is 4.90 Å². The molecule has 0 aliphatic rings. The van der Waals surface area contributed by atoms with Crippen molar-refractivity contribution in [3.63, 3.8) is 0 Å². The molecule has 0 unspecified atom stereocenters. The summed E-state index contributed by atoms with van der Waals surface area (Å²) in [5, 5.41) is 8.85. The minimum absolute atomic E-state index is 0.00664. The van der Waals surface area contributed by atoms with E-state index in [1.807, 2.05) is 4.90 Å². The van der Waals surface area contributed by atoms with Crippen molar-refractivity contribution >= 4 is 0 Å². The molecule has 1 aromatic carbocycles. The second kappa shape index (κ2) is 7.91. The van der Waals surface area contributed by atoms with E-state index in [2.05, 4.69) is 4.74 Å². The van der Waals surface area contributed by atoms with E-state index in [0.717, 1.165) is 0 Å². The van der Waals surface area contributed by atoms with Crippen LogP contribution in [0.15, 0.2) is 18.2 Å². The molecule has 0 aromatic heterocycles. The number of aliphatic hydroxyl groups excluding tert-OH is 1. The first-order valence-electron chi connectivity index (χ1n) is 6.07. The average Bonchev–Trinajstić information content (AvgIpc) is 2.33. The fourth-order valence-corrected chi connectivity index (χ4v) is 1.72. The molecule has 0 aliphatic carbocycles. The van der Waals surface area contributed by atoms with Gasteiger partial charge < -0.3 is 14.6 Å². The van der Waals surface area contributed by atoms with E-state index in [1.54, 1.807) is 32.2 Å². The number of ether oxygens (including phenoxy) is 2. The third-order valence-corrected chi connectivity index (χ3v) is 2.49. The predicted octanol–water partition coefficient (Wildman–Crippen LogP) is 2.11. The van der Waals surface area contributed by atoms with Crippen molar-refractivity contribution < 1.29 is 23.4 Å². The van der Waals surface area contributed by atoms with Gasteiger partial charge in [-0.05, 0) is 20.0 Å². The van der Waals surface area contributed by atoms with E-state index >= 15 is 0 Å². The smallest absolute Gasteiger partial charge is 0.387 e. The Kier molecular flexibility index (Phi) is 6.52. The lowest BCUT2D eigenvalue weighted by Crippen LogP contribution is -2.22. The van der Waals surface area contributed by atoms with Gasteiger partial charge in [0.1, 0.15) is 0 Å². The summed E-state index contributed by atoms with van der Waals surface area (Å²) in [5.41, 5.74) is 0.599. The third-order valence-electron chi connectivity index (χ3n) is 2.49. The minimum Gasteiger partial charge on any atom is -0.490 e. The Bertz CT molecular complexity index is 388. The van der Waals surface area contributed by atoms with Crippen molar-refractivity contribution in [2.75, 3.05) is 26.8 Å². The molecule has 4 nitrogen and oxygen atoms in total. The van der Waals surface area contributed by atoms with Crippen LogP contribution < -0.4 is 9.47 Å². The SMILES string of the molecule is CCOc1cccc(CN(C)CCO)c1OC(F)F. The van der Waals surface area contributed by atoms with Crippen LogP contribution in [0.4, 0.5) is 8.78 Å². The lowest BCUT2D eigenvalue weighted by Gasteiger charge is -2.19. The maximum atomic E-state index is 12.5. The van der Waals surface area contributed by atoms with Gasteiger partial charge in [0.2, 0.25) is 0 Å². The number of hydrogen-bond donors (Lipinski definition) is 1. The van der Waals surface area contributed by atoms with Crippen LogP contribution in [-0.4, -0.2) is 43.4 Å². The first kappa shape index (κ1) is 15.7. The van der Waals surface area contributed by atoms with Gasteiger partial charge in [-0.2, -0.15) is 8.78 Å². The van der Waals surface area contributed by atoms with Crippen LogP contribution in [0.1, 0.15) is 12.5 Å². The van der Waals surface area contributed by atoms with E-state index in [0.29, 0.717) is 31.0 Å². The number of alkyl halides is 2. The van der Waals surface area contributed by atoms with E-state index < -0.39 is 6.61 Å². The number of rotatable bonds is 8. The second-order valence-corrected chi connectivity index (χ2v) is 4.02. The summed E-state index contributed by atoms with van der Waals surface area (Å²) in [6, 6.07) is 5.02. The van der Waals surface area contributed by atoms with Crippen molar-refractivity contribution in [2.45, 2.75) is 20.1 Å². The van der Waals surface area contributed by atoms with E-state index in [-0.39, 0.29) is 12.4 Å². The van der Waals surface area contributed by atoms with Gasteiger partial charge in [-0.15, -0.1) is 0 Å². The second-order valence-electron chi connectivity index (χ2n) is 4.02. The number of hydrogen-bond acceptors (Lipinski definition) is 4. The maximum Gasteiger partial charge on any atom is 0.387 e. The van der Waals surface area contributed by atoms with Gasteiger partial charge in [0.15, 0.2) is 11.5 Å². The van der Waals surface area contributed by atoms with Crippen LogP contribution in [0.5, 0.6) is 11.5 Å². The molecular weight excluding hydrogens is 256 g/mol. The summed E-state index contributed by atoms with van der Waals surface area (Å²) in [5.74, 6) is 0.363. The molecule has 0 spiro atoms. The highest BCUT2D eigenvalue weighted by Crippen LogP contribution is 2.33. The Morgan fingerprint density at radius 2 is 2.11 bits per heavy atom. The van der Waals surface area contributed by atoms with Crippen LogP contribution in [-0.2, 0) is 6.54 Å². The number of likely N-dealkylation sites (N-methyl/N-ethyl adjacent to an activating group) is 1. The minimum atomic E-state index is -2.90. The molecule has 0 saturated heterocycles. The summed E-state index contributed by atoms with van der Waals surface area (Å²) >= 11 is 0. The zero-order valence-corrected chi connectivity index (χ0v) is 11.1. The predicted molar refractivity (Wildman–Crippen MR) is 67.7 cm³/mol. The number of para-hydroxylation sites is 1. The molecule has 0 aliphatic heterocycles. The first-order valence-corrected chi connectivity index (χ1v) is 6.07. The molecule has 0 amide bonds. The zero-order valence-electron chi connectivity index (χ0n) is 11.1. The number of benzene rings is 1. The van der Waals surface area contributed by atoms with Crippen LogP contribution in [0.25, 0.3) is 0 Å². The van der Waals surface area contributed by atoms with Gasteiger partial charge in [-0.1, -0.05) is 12.1 Å². The summed E-state index contributed by atoms with van der Waals surface area (Å²) in [6.07, 6.45) is 0. The third kappa shape index (κ3) is 5.00. The Balaban J connectivity index is 2.96. The highest BCUT2D eigenvalue weighted by molar-refractivity contribution is 5.46. The first-order chi connectivity index (χ1) is 9.08. The lowest BCUT2D eigenvalue weighted by atomic mass is 10.1. The maximum absolute atomic E-state index is 12.5. The van der Waals surface area contributed by atoms with Crippen LogP contribution >= 0.6 is 0 Å². The van der Waals surface area contributed by atoms with Gasteiger partial charge in [-0.25, -0.2) is 0 Å². The molecule has 108 valence electrons. The molecule has 1 aromatic rings. The molecule has 0 heterocycles. The topological polar surface area (TPSA) is 41.9 Å². The van der Waals surface area contributed by atoms with E-state index in [9.17, 15) is 8.78 Å². The lowest BCUT2D eigenvalue weighted by molar-refractivity contribution is -0.0523. The standard InChI is InChI=1S/C13H19F2NO3/c1-3-18-11-6-4-5-10(9-16(2)7-8-17)12(11)19-13(14)15/h4-6,13,17H,3,7-9H2,1-2H3. The van der Waals surface area contributed by atoms with E-state index in [1.165, 1.54) is 0 Å². The van der Waals surface area contributed by atoms with Gasteiger partial charge in [0.25, 0.3) is 0 Å². The normalized spacial score (nSPS) is 11.1. The molecule has 6 heteroatoms. The Morgan fingerprint density at radius 1 is 1.37 bits per heavy atom. The van der Waals surface area contributed by atoms with Crippen LogP contribution in [0, 0.1) is 0 Å². The molecule has 0 radical (unpaired) electrons. The summed E-state index contributed by atoms with van der Waals surface area (Å²) in [6.45, 7) is 0.0959. The van der Waals surface area contributed by atoms with Crippen molar-refractivity contribution in [1.29, 1.82) is 0 Å². The highest BCUT2D eigenvalue weighted by atomic mass is 19.3.